The normalized spacial score (nSPS) is 25.8. The van der Waals surface area contributed by atoms with Gasteiger partial charge in [-0.25, -0.2) is 4.79 Å². The number of carbonyl (C=O) groups is 1. The van der Waals surface area contributed by atoms with Crippen molar-refractivity contribution in [1.82, 2.24) is 0 Å². The maximum absolute atomic E-state index is 12.0. The summed E-state index contributed by atoms with van der Waals surface area (Å²) < 4.78 is 0. The van der Waals surface area contributed by atoms with E-state index >= 15 is 0 Å². The van der Waals surface area contributed by atoms with E-state index in [1.54, 1.807) is 4.90 Å². The third-order valence-corrected chi connectivity index (χ3v) is 5.65. The van der Waals surface area contributed by atoms with E-state index in [0.29, 0.717) is 17.8 Å². The Bertz CT molecular complexity index is 776. The van der Waals surface area contributed by atoms with E-state index in [4.69, 9.17) is 4.84 Å². The predicted molar refractivity (Wildman–Crippen MR) is 106 cm³/mol. The van der Waals surface area contributed by atoms with Crippen LogP contribution in [0, 0.1) is 0 Å². The Labute approximate surface area is 160 Å². The molecule has 1 amide bonds. The number of carbonyl (C=O) groups excluding carboxylic acids is 1. The first-order valence-electron chi connectivity index (χ1n) is 9.76. The number of benzene rings is 2. The van der Waals surface area contributed by atoms with Crippen LogP contribution in [0.1, 0.15) is 37.7 Å². The Kier molecular flexibility index (Phi) is 5.49. The van der Waals surface area contributed by atoms with E-state index in [9.17, 15) is 4.79 Å². The summed E-state index contributed by atoms with van der Waals surface area (Å²) in [6, 6.07) is 21.1. The Balaban J connectivity index is 1.36. The third kappa shape index (κ3) is 4.55. The van der Waals surface area contributed by atoms with Crippen molar-refractivity contribution < 1.29 is 14.5 Å². The Hall–Kier alpha value is -2.66. The van der Waals surface area contributed by atoms with Gasteiger partial charge in [0, 0.05) is 36.9 Å². The van der Waals surface area contributed by atoms with Crippen molar-refractivity contribution in [3.8, 4) is 0 Å². The van der Waals surface area contributed by atoms with Gasteiger partial charge in [0.25, 0.3) is 0 Å². The van der Waals surface area contributed by atoms with Crippen molar-refractivity contribution in [3.63, 3.8) is 0 Å². The summed E-state index contributed by atoms with van der Waals surface area (Å²) in [7, 11) is 0. The summed E-state index contributed by atoms with van der Waals surface area (Å²) in [6.45, 7) is 1.07. The van der Waals surface area contributed by atoms with E-state index < -0.39 is 6.09 Å². The van der Waals surface area contributed by atoms with Crippen LogP contribution in [0.4, 0.5) is 10.5 Å². The standard InChI is InChI=1S/C22H25N3O2/c26-22(23-18-10-5-2-6-11-18)27-24-19-14-20-12-7-13-21(15-19)25(20)16-17-8-3-1-4-9-17/h1-6,8-11,20-21H,7,12-16H2,(H,23,26)/p+1/t20-,21+. The summed E-state index contributed by atoms with van der Waals surface area (Å²) in [5, 5.41) is 6.89. The van der Waals surface area contributed by atoms with Crippen LogP contribution in [0.5, 0.6) is 0 Å². The molecule has 0 saturated carbocycles. The van der Waals surface area contributed by atoms with Crippen LogP contribution in [-0.4, -0.2) is 23.9 Å². The van der Waals surface area contributed by atoms with E-state index in [0.717, 1.165) is 25.1 Å². The van der Waals surface area contributed by atoms with Gasteiger partial charge in [-0.2, -0.15) is 0 Å². The number of hydrogen-bond donors (Lipinski definition) is 2. The highest BCUT2D eigenvalue weighted by Gasteiger charge is 2.40. The molecular weight excluding hydrogens is 338 g/mol. The zero-order chi connectivity index (χ0) is 18.5. The second-order valence-electron chi connectivity index (χ2n) is 7.50. The summed E-state index contributed by atoms with van der Waals surface area (Å²) >= 11 is 0. The van der Waals surface area contributed by atoms with Gasteiger partial charge in [0.2, 0.25) is 0 Å². The van der Waals surface area contributed by atoms with Crippen LogP contribution in [-0.2, 0) is 11.4 Å². The zero-order valence-electron chi connectivity index (χ0n) is 15.4. The highest BCUT2D eigenvalue weighted by molar-refractivity contribution is 5.88. The molecule has 4 rings (SSSR count). The van der Waals surface area contributed by atoms with Crippen LogP contribution >= 0.6 is 0 Å². The Morgan fingerprint density at radius 3 is 2.30 bits per heavy atom. The largest absolute Gasteiger partial charge is 0.437 e. The second kappa shape index (κ2) is 8.35. The van der Waals surface area contributed by atoms with Crippen LogP contribution in [0.3, 0.4) is 0 Å². The molecule has 0 spiro atoms. The van der Waals surface area contributed by atoms with E-state index in [1.165, 1.54) is 24.8 Å². The van der Waals surface area contributed by atoms with Gasteiger partial charge >= 0.3 is 6.09 Å². The van der Waals surface area contributed by atoms with E-state index in [2.05, 4.69) is 40.8 Å². The number of fused-ring (bicyclic) bond motifs is 2. The maximum atomic E-state index is 12.0. The highest BCUT2D eigenvalue weighted by atomic mass is 16.7. The summed E-state index contributed by atoms with van der Waals surface area (Å²) in [4.78, 5) is 18.8. The van der Waals surface area contributed by atoms with Crippen molar-refractivity contribution in [1.29, 1.82) is 0 Å². The molecular formula is C22H26N3O2+. The Morgan fingerprint density at radius 2 is 1.63 bits per heavy atom. The molecule has 0 aliphatic carbocycles. The number of quaternary nitrogens is 1. The van der Waals surface area contributed by atoms with E-state index in [-0.39, 0.29) is 0 Å². The lowest BCUT2D eigenvalue weighted by molar-refractivity contribution is -0.969. The van der Waals surface area contributed by atoms with Crippen molar-refractivity contribution in [2.75, 3.05) is 5.32 Å². The van der Waals surface area contributed by atoms with Gasteiger partial charge in [0.15, 0.2) is 0 Å². The molecule has 5 nitrogen and oxygen atoms in total. The van der Waals surface area contributed by atoms with Gasteiger partial charge in [0.05, 0.1) is 17.8 Å². The average molecular weight is 364 g/mol. The van der Waals surface area contributed by atoms with Gasteiger partial charge in [-0.1, -0.05) is 53.7 Å². The molecule has 2 heterocycles. The minimum Gasteiger partial charge on any atom is -0.326 e. The second-order valence-corrected chi connectivity index (χ2v) is 7.50. The van der Waals surface area contributed by atoms with Crippen LogP contribution in [0.25, 0.3) is 0 Å². The van der Waals surface area contributed by atoms with E-state index in [1.807, 2.05) is 30.3 Å². The van der Waals surface area contributed by atoms with Crippen molar-refractivity contribution in [2.45, 2.75) is 50.7 Å². The van der Waals surface area contributed by atoms with Crippen molar-refractivity contribution >= 4 is 17.5 Å². The minimum absolute atomic E-state index is 0.530. The molecule has 0 aromatic heterocycles. The molecule has 2 fully saturated rings. The van der Waals surface area contributed by atoms with Gasteiger partial charge in [-0.15, -0.1) is 0 Å². The van der Waals surface area contributed by atoms with Gasteiger partial charge in [-0.05, 0) is 18.6 Å². The Morgan fingerprint density at radius 1 is 1.00 bits per heavy atom. The quantitative estimate of drug-likeness (QED) is 0.645. The molecule has 2 aromatic carbocycles. The minimum atomic E-state index is -0.530. The number of nitrogens with one attached hydrogen (secondary N) is 2. The molecule has 2 aliphatic rings. The number of oxime groups is 1. The topological polar surface area (TPSA) is 55.1 Å². The molecule has 2 aromatic rings. The van der Waals surface area contributed by atoms with Crippen LogP contribution in [0.15, 0.2) is 65.8 Å². The zero-order valence-corrected chi connectivity index (χ0v) is 15.4. The number of para-hydroxylation sites is 1. The van der Waals surface area contributed by atoms with Crippen LogP contribution < -0.4 is 10.2 Å². The fourth-order valence-corrected chi connectivity index (χ4v) is 4.40. The average Bonchev–Trinajstić information content (AvgIpc) is 2.68. The fourth-order valence-electron chi connectivity index (χ4n) is 4.40. The lowest BCUT2D eigenvalue weighted by Crippen LogP contribution is -3.20. The summed E-state index contributed by atoms with van der Waals surface area (Å²) in [5.41, 5.74) is 3.12. The van der Waals surface area contributed by atoms with Gasteiger partial charge in [0.1, 0.15) is 6.54 Å². The molecule has 2 bridgehead atoms. The number of amides is 1. The van der Waals surface area contributed by atoms with Crippen molar-refractivity contribution in [3.05, 3.63) is 66.2 Å². The summed E-state index contributed by atoms with van der Waals surface area (Å²) in [5.74, 6) is 0. The number of hydrogen-bond acceptors (Lipinski definition) is 3. The molecule has 3 atom stereocenters. The molecule has 0 radical (unpaired) electrons. The SMILES string of the molecule is O=C(Nc1ccccc1)ON=C1C[C@H]2CCC[C@@H](C1)[NH+]2Cc1ccccc1. The molecule has 27 heavy (non-hydrogen) atoms. The monoisotopic (exact) mass is 364 g/mol. The molecule has 2 aliphatic heterocycles. The lowest BCUT2D eigenvalue weighted by atomic mass is 9.83. The third-order valence-electron chi connectivity index (χ3n) is 5.65. The molecule has 5 heteroatoms. The number of rotatable bonds is 4. The van der Waals surface area contributed by atoms with Gasteiger partial charge < -0.3 is 4.90 Å². The first-order valence-corrected chi connectivity index (χ1v) is 9.76. The molecule has 2 N–H and O–H groups in total. The van der Waals surface area contributed by atoms with Crippen molar-refractivity contribution in [2.24, 2.45) is 5.16 Å². The van der Waals surface area contributed by atoms with Crippen LogP contribution in [0.2, 0.25) is 0 Å². The fraction of sp³-hybridized carbons (Fsp3) is 0.364. The summed E-state index contributed by atoms with van der Waals surface area (Å²) in [6.07, 6.45) is 5.02. The molecule has 1 unspecified atom stereocenters. The van der Waals surface area contributed by atoms with Gasteiger partial charge in [-0.3, -0.25) is 10.2 Å². The molecule has 2 saturated heterocycles. The lowest BCUT2D eigenvalue weighted by Gasteiger charge is -2.43. The first kappa shape index (κ1) is 17.7. The number of piperidine rings is 2. The highest BCUT2D eigenvalue weighted by Crippen LogP contribution is 2.21. The molecule has 140 valence electrons. The maximum Gasteiger partial charge on any atom is 0.437 e. The smallest absolute Gasteiger partial charge is 0.326 e. The number of nitrogens with zero attached hydrogens (tertiary/aromatic N) is 1. The first-order chi connectivity index (χ1) is 13.3. The predicted octanol–water partition coefficient (Wildman–Crippen LogP) is 3.39. The number of anilines is 1.